The van der Waals surface area contributed by atoms with Gasteiger partial charge in [-0.25, -0.2) is 4.68 Å². The first kappa shape index (κ1) is 22.5. The molecular weight excluding hydrogens is 436 g/mol. The molecule has 1 aromatic heterocycles. The zero-order valence-electron chi connectivity index (χ0n) is 18.4. The van der Waals surface area contributed by atoms with Gasteiger partial charge in [0.1, 0.15) is 23.8 Å². The third kappa shape index (κ3) is 5.04. The lowest BCUT2D eigenvalue weighted by Crippen LogP contribution is -2.32. The van der Waals surface area contributed by atoms with Crippen molar-refractivity contribution >= 4 is 28.3 Å². The first-order valence-electron chi connectivity index (χ1n) is 10.5. The number of hydrogen-bond donors (Lipinski definition) is 2. The maximum absolute atomic E-state index is 12.7. The van der Waals surface area contributed by atoms with Gasteiger partial charge >= 0.3 is 0 Å². The van der Waals surface area contributed by atoms with E-state index in [1.807, 2.05) is 19.1 Å². The Balaban J connectivity index is 1.44. The number of nitrogens with zero attached hydrogens (tertiary/aromatic N) is 2. The van der Waals surface area contributed by atoms with Gasteiger partial charge in [0.05, 0.1) is 12.0 Å². The molecule has 0 aliphatic rings. The number of nitrogens with one attached hydrogen (secondary N) is 1. The van der Waals surface area contributed by atoms with Gasteiger partial charge in [-0.3, -0.25) is 14.4 Å². The first-order valence-corrected chi connectivity index (χ1v) is 10.5. The number of carbonyl (C=O) groups excluding carboxylic acids is 2. The molecular formula is C25H22N4O5. The molecule has 9 nitrogen and oxygen atoms in total. The highest BCUT2D eigenvalue weighted by Crippen LogP contribution is 2.25. The van der Waals surface area contributed by atoms with E-state index in [2.05, 4.69) is 10.4 Å². The predicted molar refractivity (Wildman–Crippen MR) is 127 cm³/mol. The van der Waals surface area contributed by atoms with Crippen LogP contribution in [0.2, 0.25) is 0 Å². The normalized spacial score (nSPS) is 10.6. The van der Waals surface area contributed by atoms with E-state index < -0.39 is 17.4 Å². The van der Waals surface area contributed by atoms with Gasteiger partial charge in [0.15, 0.2) is 5.69 Å². The van der Waals surface area contributed by atoms with E-state index in [1.165, 1.54) is 0 Å². The third-order valence-electron chi connectivity index (χ3n) is 4.90. The second-order valence-electron chi connectivity index (χ2n) is 7.30. The summed E-state index contributed by atoms with van der Waals surface area (Å²) in [6, 6.07) is 20.5. The van der Waals surface area contributed by atoms with Crippen molar-refractivity contribution in [1.29, 1.82) is 0 Å². The summed E-state index contributed by atoms with van der Waals surface area (Å²) in [6.45, 7) is 2.12. The minimum atomic E-state index is -0.784. The van der Waals surface area contributed by atoms with E-state index in [1.54, 1.807) is 60.7 Å². The van der Waals surface area contributed by atoms with Crippen molar-refractivity contribution in [2.24, 2.45) is 5.73 Å². The summed E-state index contributed by atoms with van der Waals surface area (Å²) in [4.78, 5) is 37.0. The Hall–Kier alpha value is -4.66. The van der Waals surface area contributed by atoms with Gasteiger partial charge in [-0.1, -0.05) is 18.2 Å². The second-order valence-corrected chi connectivity index (χ2v) is 7.30. The molecule has 0 atom stereocenters. The van der Waals surface area contributed by atoms with Gasteiger partial charge in [-0.15, -0.1) is 0 Å². The molecule has 34 heavy (non-hydrogen) atoms. The Bertz CT molecular complexity index is 1400. The largest absolute Gasteiger partial charge is 0.494 e. The fourth-order valence-electron chi connectivity index (χ4n) is 3.37. The zero-order valence-corrected chi connectivity index (χ0v) is 18.4. The highest BCUT2D eigenvalue weighted by Gasteiger charge is 2.16. The van der Waals surface area contributed by atoms with Crippen LogP contribution in [0.25, 0.3) is 10.8 Å². The predicted octanol–water partition coefficient (Wildman–Crippen LogP) is 3.33. The summed E-state index contributed by atoms with van der Waals surface area (Å²) in [6.07, 6.45) is 0. The molecule has 3 N–H and O–H groups in total. The molecule has 0 fully saturated rings. The van der Waals surface area contributed by atoms with Crippen molar-refractivity contribution in [1.82, 2.24) is 9.78 Å². The average molecular weight is 458 g/mol. The van der Waals surface area contributed by atoms with Crippen molar-refractivity contribution in [3.8, 4) is 17.2 Å². The fraction of sp³-hybridized carbons (Fsp3) is 0.120. The van der Waals surface area contributed by atoms with Crippen LogP contribution in [-0.2, 0) is 11.3 Å². The van der Waals surface area contributed by atoms with Gasteiger partial charge in [-0.05, 0) is 61.5 Å². The quantitative estimate of drug-likeness (QED) is 0.417. The highest BCUT2D eigenvalue weighted by molar-refractivity contribution is 6.04. The molecule has 9 heteroatoms. The number of nitrogens with two attached hydrogens (primary N) is 1. The Morgan fingerprint density at radius 1 is 0.912 bits per heavy atom. The van der Waals surface area contributed by atoms with Gasteiger partial charge in [0, 0.05) is 11.1 Å². The third-order valence-corrected chi connectivity index (χ3v) is 4.90. The van der Waals surface area contributed by atoms with Gasteiger partial charge in [-0.2, -0.15) is 5.10 Å². The van der Waals surface area contributed by atoms with Crippen LogP contribution in [0.15, 0.2) is 77.6 Å². The van der Waals surface area contributed by atoms with Crippen LogP contribution in [-0.4, -0.2) is 28.2 Å². The monoisotopic (exact) mass is 458 g/mol. The molecule has 3 aromatic carbocycles. The molecule has 0 unspecified atom stereocenters. The van der Waals surface area contributed by atoms with Gasteiger partial charge < -0.3 is 20.5 Å². The molecule has 0 radical (unpaired) electrons. The molecule has 0 aliphatic carbocycles. The smallest absolute Gasteiger partial charge is 0.275 e. The Morgan fingerprint density at radius 2 is 1.50 bits per heavy atom. The molecule has 4 aromatic rings. The molecule has 172 valence electrons. The van der Waals surface area contributed by atoms with Crippen molar-refractivity contribution in [2.45, 2.75) is 13.5 Å². The molecule has 2 amide bonds. The minimum Gasteiger partial charge on any atom is -0.494 e. The Labute approximate surface area is 194 Å². The maximum atomic E-state index is 12.7. The molecule has 1 heterocycles. The van der Waals surface area contributed by atoms with E-state index >= 15 is 0 Å². The number of ether oxygens (including phenoxy) is 2. The summed E-state index contributed by atoms with van der Waals surface area (Å²) in [5.74, 6) is 0.720. The number of anilines is 1. The Morgan fingerprint density at radius 3 is 2.12 bits per heavy atom. The van der Waals surface area contributed by atoms with Crippen LogP contribution >= 0.6 is 0 Å². The number of aromatic nitrogens is 2. The first-order chi connectivity index (χ1) is 16.4. The summed E-state index contributed by atoms with van der Waals surface area (Å²) in [7, 11) is 0. The lowest BCUT2D eigenvalue weighted by molar-refractivity contribution is -0.117. The van der Waals surface area contributed by atoms with Crippen LogP contribution in [0.4, 0.5) is 5.69 Å². The fourth-order valence-corrected chi connectivity index (χ4v) is 3.37. The van der Waals surface area contributed by atoms with E-state index in [-0.39, 0.29) is 17.6 Å². The SMILES string of the molecule is CCOc1ccc(Oc2ccc(NC(=O)Cn3nc(C(N)=O)c4ccccc4c3=O)cc2)cc1. The molecule has 4 rings (SSSR count). The topological polar surface area (TPSA) is 126 Å². The standard InChI is InChI=1S/C25H22N4O5/c1-2-33-17-11-13-19(14-12-17)34-18-9-7-16(8-10-18)27-22(30)15-29-25(32)21-6-4-3-5-20(21)23(28-29)24(26)31/h3-14H,2,15H2,1H3,(H2,26,31)(H,27,30). The summed E-state index contributed by atoms with van der Waals surface area (Å²) in [5, 5.41) is 7.31. The van der Waals surface area contributed by atoms with Crippen molar-refractivity contribution in [3.05, 3.63) is 88.8 Å². The van der Waals surface area contributed by atoms with Gasteiger partial charge in [0.2, 0.25) is 5.91 Å². The summed E-state index contributed by atoms with van der Waals surface area (Å²) >= 11 is 0. The minimum absolute atomic E-state index is 0.0706. The van der Waals surface area contributed by atoms with Crippen LogP contribution in [0.5, 0.6) is 17.2 Å². The number of primary amides is 1. The summed E-state index contributed by atoms with van der Waals surface area (Å²) < 4.78 is 12.1. The molecule has 0 spiro atoms. The lowest BCUT2D eigenvalue weighted by atomic mass is 10.1. The van der Waals surface area contributed by atoms with Crippen molar-refractivity contribution < 1.29 is 19.1 Å². The van der Waals surface area contributed by atoms with Crippen molar-refractivity contribution in [2.75, 3.05) is 11.9 Å². The van der Waals surface area contributed by atoms with Crippen molar-refractivity contribution in [3.63, 3.8) is 0 Å². The maximum Gasteiger partial charge on any atom is 0.275 e. The van der Waals surface area contributed by atoms with E-state index in [9.17, 15) is 14.4 Å². The van der Waals surface area contributed by atoms with Crippen LogP contribution in [0, 0.1) is 0 Å². The van der Waals surface area contributed by atoms with E-state index in [0.717, 1.165) is 10.4 Å². The lowest BCUT2D eigenvalue weighted by Gasteiger charge is -2.11. The number of fused-ring (bicyclic) bond motifs is 1. The second kappa shape index (κ2) is 9.86. The van der Waals surface area contributed by atoms with E-state index in [4.69, 9.17) is 15.2 Å². The number of benzene rings is 3. The number of rotatable bonds is 8. The number of carbonyl (C=O) groups is 2. The highest BCUT2D eigenvalue weighted by atomic mass is 16.5. The van der Waals surface area contributed by atoms with Crippen LogP contribution in [0.1, 0.15) is 17.4 Å². The number of hydrogen-bond acceptors (Lipinski definition) is 6. The molecule has 0 saturated carbocycles. The average Bonchev–Trinajstić information content (AvgIpc) is 2.83. The van der Waals surface area contributed by atoms with Crippen LogP contribution < -0.4 is 26.1 Å². The number of amides is 2. The Kier molecular flexibility index (Phi) is 6.54. The summed E-state index contributed by atoms with van der Waals surface area (Å²) in [5.41, 5.74) is 5.35. The van der Waals surface area contributed by atoms with Crippen LogP contribution in [0.3, 0.4) is 0 Å². The molecule has 0 aliphatic heterocycles. The molecule has 0 bridgehead atoms. The van der Waals surface area contributed by atoms with Gasteiger partial charge in [0.25, 0.3) is 11.5 Å². The van der Waals surface area contributed by atoms with E-state index in [0.29, 0.717) is 29.2 Å². The zero-order chi connectivity index (χ0) is 24.1. The molecule has 0 saturated heterocycles.